The molecule has 0 aromatic heterocycles. The molecule has 0 saturated heterocycles. The van der Waals surface area contributed by atoms with Gasteiger partial charge in [-0.2, -0.15) is 0 Å². The van der Waals surface area contributed by atoms with E-state index in [0.717, 1.165) is 12.3 Å². The van der Waals surface area contributed by atoms with E-state index in [1.807, 2.05) is 6.07 Å². The third-order valence-electron chi connectivity index (χ3n) is 2.72. The number of carbonyl (C=O) groups is 1. The molecule has 3 heteroatoms. The monoisotopic (exact) mass is 238 g/mol. The van der Waals surface area contributed by atoms with E-state index in [1.54, 1.807) is 18.2 Å². The minimum Gasteiger partial charge on any atom is -0.486 e. The van der Waals surface area contributed by atoms with Crippen molar-refractivity contribution in [2.24, 2.45) is 5.92 Å². The third kappa shape index (κ3) is 3.86. The number of ketones is 1. The van der Waals surface area contributed by atoms with Gasteiger partial charge in [-0.05, 0) is 30.5 Å². The predicted octanol–water partition coefficient (Wildman–Crippen LogP) is 3.48. The maximum atomic E-state index is 11.5. The number of carbonyl (C=O) groups excluding carboxylic acids is 1. The van der Waals surface area contributed by atoms with Crippen molar-refractivity contribution in [3.8, 4) is 5.75 Å². The van der Waals surface area contributed by atoms with Crippen LogP contribution >= 0.6 is 11.6 Å². The van der Waals surface area contributed by atoms with Gasteiger partial charge in [-0.1, -0.05) is 30.5 Å². The van der Waals surface area contributed by atoms with Crippen LogP contribution in [0.5, 0.6) is 5.75 Å². The van der Waals surface area contributed by atoms with Gasteiger partial charge >= 0.3 is 0 Å². The van der Waals surface area contributed by atoms with Gasteiger partial charge in [0.15, 0.2) is 5.78 Å². The van der Waals surface area contributed by atoms with Gasteiger partial charge in [-0.3, -0.25) is 4.79 Å². The van der Waals surface area contributed by atoms with Crippen molar-refractivity contribution in [2.75, 3.05) is 6.61 Å². The second-order valence-electron chi connectivity index (χ2n) is 4.27. The van der Waals surface area contributed by atoms with Crippen molar-refractivity contribution in [1.29, 1.82) is 0 Å². The van der Waals surface area contributed by atoms with Gasteiger partial charge in [0.05, 0.1) is 0 Å². The van der Waals surface area contributed by atoms with Crippen molar-refractivity contribution in [2.45, 2.75) is 25.7 Å². The molecular formula is C13H15ClO2. The number of Topliss-reactive ketones (excluding diaryl/α,β-unsaturated/α-hetero) is 1. The van der Waals surface area contributed by atoms with E-state index in [4.69, 9.17) is 16.3 Å². The van der Waals surface area contributed by atoms with Gasteiger partial charge in [-0.15, -0.1) is 0 Å². The molecule has 1 aliphatic rings. The Morgan fingerprint density at radius 1 is 1.44 bits per heavy atom. The average molecular weight is 239 g/mol. The normalized spacial score (nSPS) is 14.8. The molecule has 0 spiro atoms. The molecule has 0 bridgehead atoms. The molecule has 1 aromatic rings. The van der Waals surface area contributed by atoms with Gasteiger partial charge < -0.3 is 4.74 Å². The molecule has 0 amide bonds. The van der Waals surface area contributed by atoms with Gasteiger partial charge in [0.2, 0.25) is 0 Å². The maximum Gasteiger partial charge on any atom is 0.170 e. The van der Waals surface area contributed by atoms with Crippen LogP contribution in [0.4, 0.5) is 0 Å². The highest BCUT2D eigenvalue weighted by Gasteiger charge is 2.21. The predicted molar refractivity (Wildman–Crippen MR) is 63.9 cm³/mol. The minimum absolute atomic E-state index is 0.160. The molecule has 16 heavy (non-hydrogen) atoms. The fourth-order valence-electron chi connectivity index (χ4n) is 1.56. The summed E-state index contributed by atoms with van der Waals surface area (Å²) in [6, 6.07) is 7.12. The van der Waals surface area contributed by atoms with Crippen molar-refractivity contribution in [3.05, 3.63) is 29.3 Å². The Balaban J connectivity index is 1.71. The molecule has 2 rings (SSSR count). The van der Waals surface area contributed by atoms with Crippen LogP contribution in [0.2, 0.25) is 5.02 Å². The fraction of sp³-hybridized carbons (Fsp3) is 0.462. The van der Waals surface area contributed by atoms with E-state index in [9.17, 15) is 4.79 Å². The zero-order valence-corrected chi connectivity index (χ0v) is 9.87. The van der Waals surface area contributed by atoms with Crippen LogP contribution in [0.25, 0.3) is 0 Å². The molecule has 0 heterocycles. The summed E-state index contributed by atoms with van der Waals surface area (Å²) in [5, 5.41) is 0.628. The van der Waals surface area contributed by atoms with E-state index < -0.39 is 0 Å². The highest BCUT2D eigenvalue weighted by atomic mass is 35.5. The first-order chi connectivity index (χ1) is 7.74. The minimum atomic E-state index is 0.160. The van der Waals surface area contributed by atoms with Crippen LogP contribution in [0, 0.1) is 5.92 Å². The molecule has 0 atom stereocenters. The molecule has 0 aliphatic heterocycles. The maximum absolute atomic E-state index is 11.5. The lowest BCUT2D eigenvalue weighted by atomic mass is 10.2. The van der Waals surface area contributed by atoms with Crippen molar-refractivity contribution < 1.29 is 9.53 Å². The van der Waals surface area contributed by atoms with Crippen molar-refractivity contribution in [3.63, 3.8) is 0 Å². The number of hydrogen-bond acceptors (Lipinski definition) is 2. The quantitative estimate of drug-likeness (QED) is 0.759. The number of ether oxygens (including phenoxy) is 1. The smallest absolute Gasteiger partial charge is 0.170 e. The Kier molecular flexibility index (Phi) is 3.83. The standard InChI is InChI=1S/C13H15ClO2/c14-11-2-1-3-13(8-11)16-9-12(15)7-6-10-4-5-10/h1-3,8,10H,4-7,9H2. The van der Waals surface area contributed by atoms with Crippen LogP contribution < -0.4 is 4.74 Å². The van der Waals surface area contributed by atoms with Crippen molar-refractivity contribution >= 4 is 17.4 Å². The summed E-state index contributed by atoms with van der Waals surface area (Å²) < 4.78 is 5.37. The van der Waals surface area contributed by atoms with E-state index in [0.29, 0.717) is 17.2 Å². The summed E-state index contributed by atoms with van der Waals surface area (Å²) in [6.07, 6.45) is 4.26. The van der Waals surface area contributed by atoms with Crippen molar-refractivity contribution in [1.82, 2.24) is 0 Å². The highest BCUT2D eigenvalue weighted by Crippen LogP contribution is 2.33. The molecule has 1 saturated carbocycles. The van der Waals surface area contributed by atoms with E-state index in [-0.39, 0.29) is 12.4 Å². The van der Waals surface area contributed by atoms with Crippen LogP contribution in [0.1, 0.15) is 25.7 Å². The average Bonchev–Trinajstić information content (AvgIpc) is 3.07. The number of hydrogen-bond donors (Lipinski definition) is 0. The molecule has 0 radical (unpaired) electrons. The molecule has 2 nitrogen and oxygen atoms in total. The van der Waals surface area contributed by atoms with Gasteiger partial charge in [0.1, 0.15) is 12.4 Å². The summed E-state index contributed by atoms with van der Waals surface area (Å²) in [5.41, 5.74) is 0. The van der Waals surface area contributed by atoms with E-state index in [2.05, 4.69) is 0 Å². The van der Waals surface area contributed by atoms with Crippen LogP contribution in [-0.2, 0) is 4.79 Å². The lowest BCUT2D eigenvalue weighted by molar-refractivity contribution is -0.121. The largest absolute Gasteiger partial charge is 0.486 e. The third-order valence-corrected chi connectivity index (χ3v) is 2.96. The van der Waals surface area contributed by atoms with Gasteiger partial charge in [0.25, 0.3) is 0 Å². The summed E-state index contributed by atoms with van der Waals surface area (Å²) in [5.74, 6) is 1.63. The molecule has 1 aromatic carbocycles. The number of benzene rings is 1. The molecule has 86 valence electrons. The molecule has 0 unspecified atom stereocenters. The zero-order chi connectivity index (χ0) is 11.4. The molecular weight excluding hydrogens is 224 g/mol. The Bertz CT molecular complexity index is 372. The first-order valence-corrected chi connectivity index (χ1v) is 6.02. The van der Waals surface area contributed by atoms with Crippen LogP contribution in [0.3, 0.4) is 0 Å². The Labute approximate surface area is 101 Å². The molecule has 0 N–H and O–H groups in total. The Morgan fingerprint density at radius 2 is 2.25 bits per heavy atom. The first kappa shape index (κ1) is 11.5. The van der Waals surface area contributed by atoms with Crippen LogP contribution in [0.15, 0.2) is 24.3 Å². The summed E-state index contributed by atoms with van der Waals surface area (Å²) in [4.78, 5) is 11.5. The highest BCUT2D eigenvalue weighted by molar-refractivity contribution is 6.30. The number of rotatable bonds is 6. The second-order valence-corrected chi connectivity index (χ2v) is 4.70. The van der Waals surface area contributed by atoms with Crippen LogP contribution in [-0.4, -0.2) is 12.4 Å². The number of halogens is 1. The topological polar surface area (TPSA) is 26.3 Å². The Hall–Kier alpha value is -1.02. The Morgan fingerprint density at radius 3 is 2.94 bits per heavy atom. The zero-order valence-electron chi connectivity index (χ0n) is 9.12. The molecule has 1 aliphatic carbocycles. The van der Waals surface area contributed by atoms with Gasteiger partial charge in [-0.25, -0.2) is 0 Å². The summed E-state index contributed by atoms with van der Waals surface area (Å²) in [6.45, 7) is 0.160. The molecule has 1 fully saturated rings. The lowest BCUT2D eigenvalue weighted by Crippen LogP contribution is -2.11. The summed E-state index contributed by atoms with van der Waals surface area (Å²) >= 11 is 5.81. The van der Waals surface area contributed by atoms with E-state index >= 15 is 0 Å². The fourth-order valence-corrected chi connectivity index (χ4v) is 1.74. The lowest BCUT2D eigenvalue weighted by Gasteiger charge is -2.05. The second kappa shape index (κ2) is 5.35. The van der Waals surface area contributed by atoms with Gasteiger partial charge in [0, 0.05) is 11.4 Å². The van der Waals surface area contributed by atoms with E-state index in [1.165, 1.54) is 12.8 Å². The summed E-state index contributed by atoms with van der Waals surface area (Å²) in [7, 11) is 0. The first-order valence-electron chi connectivity index (χ1n) is 5.64. The SMILES string of the molecule is O=C(CCC1CC1)COc1cccc(Cl)c1.